The van der Waals surface area contributed by atoms with Gasteiger partial charge in [-0.25, -0.2) is 0 Å². The van der Waals surface area contributed by atoms with Gasteiger partial charge in [0.25, 0.3) is 0 Å². The van der Waals surface area contributed by atoms with Crippen LogP contribution in [-0.2, 0) is 14.3 Å². The van der Waals surface area contributed by atoms with E-state index in [0.717, 1.165) is 45.8 Å². The van der Waals surface area contributed by atoms with Gasteiger partial charge in [-0.05, 0) is 19.1 Å². The van der Waals surface area contributed by atoms with Crippen molar-refractivity contribution < 1.29 is 14.3 Å². The van der Waals surface area contributed by atoms with E-state index in [-0.39, 0.29) is 29.1 Å². The summed E-state index contributed by atoms with van der Waals surface area (Å²) >= 11 is 1.85. The van der Waals surface area contributed by atoms with Crippen molar-refractivity contribution in [3.8, 4) is 0 Å². The van der Waals surface area contributed by atoms with Gasteiger partial charge in [0, 0.05) is 43.5 Å². The molecule has 0 spiro atoms. The van der Waals surface area contributed by atoms with Crippen LogP contribution in [0.25, 0.3) is 0 Å². The van der Waals surface area contributed by atoms with Gasteiger partial charge in [-0.15, -0.1) is 12.4 Å². The van der Waals surface area contributed by atoms with Gasteiger partial charge in [-0.3, -0.25) is 4.79 Å². The Morgan fingerprint density at radius 3 is 2.70 bits per heavy atom. The topological polar surface area (TPSA) is 59.6 Å². The van der Waals surface area contributed by atoms with Gasteiger partial charge in [0.2, 0.25) is 5.91 Å². The molecule has 0 aromatic carbocycles. The third kappa shape index (κ3) is 5.41. The number of thioether (sulfide) groups is 1. The van der Waals surface area contributed by atoms with Crippen LogP contribution in [0.3, 0.4) is 0 Å². The fourth-order valence-corrected chi connectivity index (χ4v) is 3.29. The molecule has 0 aromatic rings. The fraction of sp³-hybridized carbons (Fsp3) is 0.923. The summed E-state index contributed by atoms with van der Waals surface area (Å²) in [6.45, 7) is 4.56. The molecular formula is C13H25ClN2O3S. The Bertz CT molecular complexity index is 295. The van der Waals surface area contributed by atoms with Gasteiger partial charge in [0.15, 0.2) is 0 Å². The lowest BCUT2D eigenvalue weighted by Crippen LogP contribution is -2.47. The van der Waals surface area contributed by atoms with Crippen LogP contribution in [0.5, 0.6) is 0 Å². The zero-order valence-corrected chi connectivity index (χ0v) is 13.6. The zero-order valence-electron chi connectivity index (χ0n) is 12.0. The Labute approximate surface area is 131 Å². The summed E-state index contributed by atoms with van der Waals surface area (Å²) in [6.07, 6.45) is 4.65. The van der Waals surface area contributed by atoms with E-state index in [1.807, 2.05) is 11.8 Å². The highest BCUT2D eigenvalue weighted by Crippen LogP contribution is 2.32. The van der Waals surface area contributed by atoms with Crippen molar-refractivity contribution in [1.82, 2.24) is 10.6 Å². The number of nitrogens with one attached hydrogen (secondary N) is 2. The number of hydrogen-bond acceptors (Lipinski definition) is 5. The fourth-order valence-electron chi connectivity index (χ4n) is 2.50. The van der Waals surface area contributed by atoms with Gasteiger partial charge in [0.05, 0.1) is 13.2 Å². The number of amides is 1. The summed E-state index contributed by atoms with van der Waals surface area (Å²) in [4.78, 5) is 12.0. The molecule has 2 rings (SSSR count). The van der Waals surface area contributed by atoms with E-state index >= 15 is 0 Å². The van der Waals surface area contributed by atoms with Gasteiger partial charge < -0.3 is 20.1 Å². The zero-order chi connectivity index (χ0) is 13.6. The van der Waals surface area contributed by atoms with E-state index in [1.165, 1.54) is 0 Å². The maximum atomic E-state index is 12.0. The standard InChI is InChI=1S/C13H24N2O3S.ClH/c1-19-13(2-5-17-6-3-13)10-15-12(16)8-11-9-18-7-4-14-11;/h11,14H,2-10H2,1H3,(H,15,16);1H. The first-order valence-electron chi connectivity index (χ1n) is 6.95. The number of morpholine rings is 1. The molecule has 7 heteroatoms. The Morgan fingerprint density at radius 2 is 2.10 bits per heavy atom. The van der Waals surface area contributed by atoms with E-state index in [9.17, 15) is 4.79 Å². The van der Waals surface area contributed by atoms with Crippen LogP contribution < -0.4 is 10.6 Å². The van der Waals surface area contributed by atoms with Crippen molar-refractivity contribution in [3.63, 3.8) is 0 Å². The van der Waals surface area contributed by atoms with Crippen LogP contribution in [0.4, 0.5) is 0 Å². The molecule has 2 N–H and O–H groups in total. The highest BCUT2D eigenvalue weighted by Gasteiger charge is 2.32. The second-order valence-corrected chi connectivity index (χ2v) is 6.48. The normalized spacial score (nSPS) is 25.6. The van der Waals surface area contributed by atoms with Crippen molar-refractivity contribution in [2.24, 2.45) is 0 Å². The van der Waals surface area contributed by atoms with Crippen LogP contribution in [0.15, 0.2) is 0 Å². The first-order valence-corrected chi connectivity index (χ1v) is 8.17. The minimum Gasteiger partial charge on any atom is -0.381 e. The highest BCUT2D eigenvalue weighted by molar-refractivity contribution is 8.00. The number of rotatable bonds is 5. The lowest BCUT2D eigenvalue weighted by Gasteiger charge is -2.36. The van der Waals surface area contributed by atoms with E-state index in [4.69, 9.17) is 9.47 Å². The summed E-state index contributed by atoms with van der Waals surface area (Å²) in [5, 5.41) is 6.38. The van der Waals surface area contributed by atoms with Crippen molar-refractivity contribution in [3.05, 3.63) is 0 Å². The minimum atomic E-state index is 0. The van der Waals surface area contributed by atoms with Crippen LogP contribution in [0.2, 0.25) is 0 Å². The second kappa shape index (κ2) is 9.10. The largest absolute Gasteiger partial charge is 0.381 e. The monoisotopic (exact) mass is 324 g/mol. The number of carbonyl (C=O) groups excluding carboxylic acids is 1. The molecule has 2 aliphatic heterocycles. The summed E-state index contributed by atoms with van der Waals surface area (Å²) in [5.41, 5.74) is 0. The number of ether oxygens (including phenoxy) is 2. The smallest absolute Gasteiger partial charge is 0.221 e. The van der Waals surface area contributed by atoms with Crippen LogP contribution in [0.1, 0.15) is 19.3 Å². The molecule has 0 aliphatic carbocycles. The van der Waals surface area contributed by atoms with Crippen molar-refractivity contribution >= 4 is 30.1 Å². The third-order valence-electron chi connectivity index (χ3n) is 3.88. The first kappa shape index (κ1) is 18.0. The number of carbonyl (C=O) groups is 1. The van der Waals surface area contributed by atoms with Crippen molar-refractivity contribution in [2.75, 3.05) is 45.8 Å². The molecular weight excluding hydrogens is 300 g/mol. The third-order valence-corrected chi connectivity index (χ3v) is 5.29. The molecule has 2 heterocycles. The molecule has 1 unspecified atom stereocenters. The molecule has 0 radical (unpaired) electrons. The summed E-state index contributed by atoms with van der Waals surface area (Å²) in [7, 11) is 0. The summed E-state index contributed by atoms with van der Waals surface area (Å²) < 4.78 is 10.9. The maximum absolute atomic E-state index is 12.0. The molecule has 5 nitrogen and oxygen atoms in total. The average Bonchev–Trinajstić information content (AvgIpc) is 2.47. The van der Waals surface area contributed by atoms with E-state index in [0.29, 0.717) is 13.0 Å². The molecule has 0 bridgehead atoms. The molecule has 1 amide bonds. The molecule has 0 saturated carbocycles. The molecule has 2 fully saturated rings. The van der Waals surface area contributed by atoms with Crippen LogP contribution >= 0.6 is 24.2 Å². The Balaban J connectivity index is 0.00000200. The summed E-state index contributed by atoms with van der Waals surface area (Å²) in [5.74, 6) is 0.114. The quantitative estimate of drug-likeness (QED) is 0.784. The molecule has 1 atom stereocenters. The Morgan fingerprint density at radius 1 is 1.35 bits per heavy atom. The van der Waals surface area contributed by atoms with Crippen LogP contribution in [0, 0.1) is 0 Å². The van der Waals surface area contributed by atoms with Crippen LogP contribution in [-0.4, -0.2) is 62.5 Å². The minimum absolute atomic E-state index is 0. The highest BCUT2D eigenvalue weighted by atomic mass is 35.5. The Hall–Kier alpha value is -0.0100. The molecule has 2 aliphatic rings. The maximum Gasteiger partial charge on any atom is 0.221 e. The molecule has 2 saturated heterocycles. The van der Waals surface area contributed by atoms with E-state index < -0.39 is 0 Å². The second-order valence-electron chi connectivity index (χ2n) is 5.21. The number of halogens is 1. The summed E-state index contributed by atoms with van der Waals surface area (Å²) in [6, 6.07) is 0.161. The number of hydrogen-bond donors (Lipinski definition) is 2. The predicted octanol–water partition coefficient (Wildman–Crippen LogP) is 0.815. The molecule has 0 aromatic heterocycles. The predicted molar refractivity (Wildman–Crippen MR) is 83.8 cm³/mol. The lowest BCUT2D eigenvalue weighted by molar-refractivity contribution is -0.122. The van der Waals surface area contributed by atoms with Gasteiger partial charge in [0.1, 0.15) is 0 Å². The van der Waals surface area contributed by atoms with Gasteiger partial charge in [-0.2, -0.15) is 11.8 Å². The lowest BCUT2D eigenvalue weighted by atomic mass is 9.99. The van der Waals surface area contributed by atoms with E-state index in [1.54, 1.807) is 0 Å². The van der Waals surface area contributed by atoms with E-state index in [2.05, 4.69) is 16.9 Å². The van der Waals surface area contributed by atoms with Crippen molar-refractivity contribution in [1.29, 1.82) is 0 Å². The van der Waals surface area contributed by atoms with Gasteiger partial charge in [-0.1, -0.05) is 0 Å². The molecule has 20 heavy (non-hydrogen) atoms. The Kier molecular flexibility index (Phi) is 8.21. The van der Waals surface area contributed by atoms with Gasteiger partial charge >= 0.3 is 0 Å². The SMILES string of the molecule is CSC1(CNC(=O)CC2COCCN2)CCOCC1.Cl. The van der Waals surface area contributed by atoms with Crippen molar-refractivity contribution in [2.45, 2.75) is 30.1 Å². The first-order chi connectivity index (χ1) is 9.24. The molecule has 118 valence electrons. The average molecular weight is 325 g/mol.